The number of amides is 1. The topological polar surface area (TPSA) is 60.9 Å². The van der Waals surface area contributed by atoms with Crippen LogP contribution < -0.4 is 0 Å². The number of aliphatic carboxylic acids is 1. The van der Waals surface area contributed by atoms with Gasteiger partial charge in [0, 0.05) is 19.6 Å². The zero-order valence-electron chi connectivity index (χ0n) is 8.85. The first-order chi connectivity index (χ1) is 7.10. The Bertz CT molecular complexity index is 278. The van der Waals surface area contributed by atoms with Crippen molar-refractivity contribution in [2.75, 3.05) is 26.2 Å². The number of rotatable bonds is 3. The number of hydrogen-bond acceptors (Lipinski definition) is 3. The molecule has 15 heavy (non-hydrogen) atoms. The molecule has 1 rings (SSSR count). The summed E-state index contributed by atoms with van der Waals surface area (Å²) in [6.45, 7) is 7.72. The number of carbonyl (C=O) groups is 2. The summed E-state index contributed by atoms with van der Waals surface area (Å²) in [5.41, 5.74) is 0. The van der Waals surface area contributed by atoms with Gasteiger partial charge in [0.15, 0.2) is 0 Å². The summed E-state index contributed by atoms with van der Waals surface area (Å²) in [5.74, 6) is -1.26. The lowest BCUT2D eigenvalue weighted by atomic mass is 10.1. The Morgan fingerprint density at radius 3 is 2.67 bits per heavy atom. The molecule has 1 heterocycles. The molecule has 0 aromatic heterocycles. The van der Waals surface area contributed by atoms with Crippen LogP contribution in [-0.2, 0) is 9.59 Å². The van der Waals surface area contributed by atoms with Gasteiger partial charge in [-0.3, -0.25) is 9.69 Å². The molecule has 0 aromatic rings. The molecule has 1 saturated heterocycles. The third kappa shape index (κ3) is 2.56. The molecule has 0 spiro atoms. The van der Waals surface area contributed by atoms with Gasteiger partial charge in [-0.05, 0) is 12.6 Å². The van der Waals surface area contributed by atoms with Crippen LogP contribution in [0.3, 0.4) is 0 Å². The fourth-order valence-corrected chi connectivity index (χ4v) is 1.72. The predicted molar refractivity (Wildman–Crippen MR) is 55.4 cm³/mol. The molecule has 1 unspecified atom stereocenters. The third-order valence-electron chi connectivity index (χ3n) is 2.65. The van der Waals surface area contributed by atoms with Crippen LogP contribution in [0.2, 0.25) is 0 Å². The quantitative estimate of drug-likeness (QED) is 0.658. The maximum atomic E-state index is 11.4. The summed E-state index contributed by atoms with van der Waals surface area (Å²) < 4.78 is 0. The highest BCUT2D eigenvalue weighted by Gasteiger charge is 2.33. The molecule has 1 aliphatic rings. The number of nitrogens with zero attached hydrogens (tertiary/aromatic N) is 2. The maximum absolute atomic E-state index is 11.4. The van der Waals surface area contributed by atoms with Gasteiger partial charge < -0.3 is 10.0 Å². The molecular formula is C10H16N2O3. The Kier molecular flexibility index (Phi) is 3.85. The number of likely N-dealkylation sites (N-methyl/N-ethyl adjacent to an activating group) is 1. The van der Waals surface area contributed by atoms with Crippen LogP contribution in [-0.4, -0.2) is 59.0 Å². The van der Waals surface area contributed by atoms with E-state index in [4.69, 9.17) is 5.11 Å². The highest BCUT2D eigenvalue weighted by Crippen LogP contribution is 2.10. The second-order valence-electron chi connectivity index (χ2n) is 3.48. The second-order valence-corrected chi connectivity index (χ2v) is 3.48. The average molecular weight is 212 g/mol. The van der Waals surface area contributed by atoms with Crippen molar-refractivity contribution in [2.24, 2.45) is 0 Å². The van der Waals surface area contributed by atoms with Crippen LogP contribution >= 0.6 is 0 Å². The van der Waals surface area contributed by atoms with E-state index >= 15 is 0 Å². The molecule has 0 aromatic carbocycles. The number of hydrogen-bond donors (Lipinski definition) is 1. The maximum Gasteiger partial charge on any atom is 0.327 e. The minimum absolute atomic E-state index is 0.307. The van der Waals surface area contributed by atoms with Gasteiger partial charge in [-0.25, -0.2) is 4.79 Å². The van der Waals surface area contributed by atoms with Gasteiger partial charge in [0.2, 0.25) is 5.91 Å². The Labute approximate surface area is 89.0 Å². The highest BCUT2D eigenvalue weighted by atomic mass is 16.4. The van der Waals surface area contributed by atoms with E-state index in [1.165, 1.54) is 4.90 Å². The lowest BCUT2D eigenvalue weighted by Crippen LogP contribution is -2.57. The van der Waals surface area contributed by atoms with Gasteiger partial charge in [0.25, 0.3) is 0 Å². The minimum Gasteiger partial charge on any atom is -0.480 e. The highest BCUT2D eigenvalue weighted by molar-refractivity contribution is 5.91. The number of carbonyl (C=O) groups excluding carboxylic acids is 1. The first-order valence-corrected chi connectivity index (χ1v) is 4.98. The summed E-state index contributed by atoms with van der Waals surface area (Å²) in [7, 11) is 0. The van der Waals surface area contributed by atoms with Crippen molar-refractivity contribution in [3.63, 3.8) is 0 Å². The lowest BCUT2D eigenvalue weighted by Gasteiger charge is -2.38. The molecule has 1 N–H and O–H groups in total. The molecule has 84 valence electrons. The molecule has 0 aliphatic carbocycles. The first kappa shape index (κ1) is 11.7. The van der Waals surface area contributed by atoms with E-state index in [0.29, 0.717) is 13.1 Å². The van der Waals surface area contributed by atoms with E-state index in [0.717, 1.165) is 19.2 Å². The van der Waals surface area contributed by atoms with Gasteiger partial charge >= 0.3 is 5.97 Å². The van der Waals surface area contributed by atoms with Crippen molar-refractivity contribution < 1.29 is 14.7 Å². The largest absolute Gasteiger partial charge is 0.480 e. The molecular weight excluding hydrogens is 196 g/mol. The Morgan fingerprint density at radius 2 is 2.20 bits per heavy atom. The van der Waals surface area contributed by atoms with Crippen LogP contribution in [0.15, 0.2) is 12.7 Å². The summed E-state index contributed by atoms with van der Waals surface area (Å²) in [6, 6.07) is -0.746. The molecule has 5 nitrogen and oxygen atoms in total. The van der Waals surface area contributed by atoms with Crippen LogP contribution in [0, 0.1) is 0 Å². The Balaban J connectivity index is 2.75. The summed E-state index contributed by atoms with van der Waals surface area (Å²) >= 11 is 0. The predicted octanol–water partition coefficient (Wildman–Crippen LogP) is -0.210. The first-order valence-electron chi connectivity index (χ1n) is 4.98. The number of carboxylic acids is 1. The molecule has 1 fully saturated rings. The van der Waals surface area contributed by atoms with Crippen molar-refractivity contribution in [3.8, 4) is 0 Å². The van der Waals surface area contributed by atoms with Gasteiger partial charge in [0.1, 0.15) is 6.04 Å². The van der Waals surface area contributed by atoms with Crippen molar-refractivity contribution >= 4 is 11.9 Å². The fourth-order valence-electron chi connectivity index (χ4n) is 1.72. The monoisotopic (exact) mass is 212 g/mol. The van der Waals surface area contributed by atoms with Crippen LogP contribution in [0.4, 0.5) is 0 Å². The van der Waals surface area contributed by atoms with Crippen LogP contribution in [0.1, 0.15) is 6.92 Å². The third-order valence-corrected chi connectivity index (χ3v) is 2.65. The van der Waals surface area contributed by atoms with E-state index in [2.05, 4.69) is 6.58 Å². The Morgan fingerprint density at radius 1 is 1.53 bits per heavy atom. The SMILES string of the molecule is C=CC(=O)N1CCN(CC)CC1C(=O)O. The van der Waals surface area contributed by atoms with Crippen molar-refractivity contribution in [3.05, 3.63) is 12.7 Å². The van der Waals surface area contributed by atoms with Crippen molar-refractivity contribution in [1.82, 2.24) is 9.80 Å². The average Bonchev–Trinajstić information content (AvgIpc) is 2.27. The zero-order valence-corrected chi connectivity index (χ0v) is 8.85. The van der Waals surface area contributed by atoms with Crippen LogP contribution in [0.5, 0.6) is 0 Å². The van der Waals surface area contributed by atoms with Gasteiger partial charge in [0.05, 0.1) is 0 Å². The summed E-state index contributed by atoms with van der Waals surface area (Å²) in [5, 5.41) is 9.01. The second kappa shape index (κ2) is 4.93. The summed E-state index contributed by atoms with van der Waals surface area (Å²) in [4.78, 5) is 25.8. The van der Waals surface area contributed by atoms with E-state index in [9.17, 15) is 9.59 Å². The van der Waals surface area contributed by atoms with Crippen molar-refractivity contribution in [2.45, 2.75) is 13.0 Å². The van der Waals surface area contributed by atoms with E-state index in [-0.39, 0.29) is 5.91 Å². The van der Waals surface area contributed by atoms with Gasteiger partial charge in [-0.2, -0.15) is 0 Å². The molecule has 1 amide bonds. The van der Waals surface area contributed by atoms with Crippen LogP contribution in [0.25, 0.3) is 0 Å². The molecule has 1 atom stereocenters. The summed E-state index contributed by atoms with van der Waals surface area (Å²) in [6.07, 6.45) is 1.16. The smallest absolute Gasteiger partial charge is 0.327 e. The fraction of sp³-hybridized carbons (Fsp3) is 0.600. The lowest BCUT2D eigenvalue weighted by molar-refractivity contribution is -0.151. The molecule has 0 bridgehead atoms. The number of carboxylic acid groups (broad SMARTS) is 1. The molecule has 0 radical (unpaired) electrons. The Hall–Kier alpha value is -1.36. The van der Waals surface area contributed by atoms with E-state index in [1.54, 1.807) is 0 Å². The minimum atomic E-state index is -0.955. The number of piperazine rings is 1. The van der Waals surface area contributed by atoms with Gasteiger partial charge in [-0.15, -0.1) is 0 Å². The van der Waals surface area contributed by atoms with E-state index in [1.807, 2.05) is 11.8 Å². The molecule has 1 aliphatic heterocycles. The molecule has 0 saturated carbocycles. The van der Waals surface area contributed by atoms with E-state index < -0.39 is 12.0 Å². The normalized spacial score (nSPS) is 22.5. The standard InChI is InChI=1S/C10H16N2O3/c1-3-9(13)12-6-5-11(4-2)7-8(12)10(14)15/h3,8H,1,4-7H2,2H3,(H,14,15). The van der Waals surface area contributed by atoms with Gasteiger partial charge in [-0.1, -0.05) is 13.5 Å². The van der Waals surface area contributed by atoms with Crippen molar-refractivity contribution in [1.29, 1.82) is 0 Å². The molecule has 5 heteroatoms. The zero-order chi connectivity index (χ0) is 11.4.